The summed E-state index contributed by atoms with van der Waals surface area (Å²) in [6.07, 6.45) is 3.11. The van der Waals surface area contributed by atoms with Gasteiger partial charge in [-0.15, -0.1) is 5.10 Å². The highest BCUT2D eigenvalue weighted by atomic mass is 16.5. The maximum absolute atomic E-state index is 11.4. The first-order valence-corrected chi connectivity index (χ1v) is 8.41. The van der Waals surface area contributed by atoms with E-state index in [2.05, 4.69) is 20.6 Å². The van der Waals surface area contributed by atoms with Gasteiger partial charge in [0.1, 0.15) is 25.4 Å². The van der Waals surface area contributed by atoms with Crippen LogP contribution in [-0.4, -0.2) is 68.4 Å². The third-order valence-corrected chi connectivity index (χ3v) is 3.02. The lowest BCUT2D eigenvalue weighted by atomic mass is 10.5. The second kappa shape index (κ2) is 10.9. The Bertz CT molecular complexity index is 670. The van der Waals surface area contributed by atoms with Gasteiger partial charge in [-0.05, 0) is 13.8 Å². The van der Waals surface area contributed by atoms with Gasteiger partial charge in [-0.25, -0.2) is 9.36 Å². The normalized spacial score (nSPS) is 10.6. The van der Waals surface area contributed by atoms with Gasteiger partial charge in [-0.2, -0.15) is 0 Å². The molecule has 2 rings (SSSR count). The summed E-state index contributed by atoms with van der Waals surface area (Å²) < 4.78 is 23.2. The third kappa shape index (κ3) is 7.40. The summed E-state index contributed by atoms with van der Waals surface area (Å²) in [7, 11) is 0. The van der Waals surface area contributed by atoms with Gasteiger partial charge in [0.25, 0.3) is 5.88 Å². The molecular weight excluding hydrogens is 360 g/mol. The van der Waals surface area contributed by atoms with E-state index in [1.54, 1.807) is 20.0 Å². The van der Waals surface area contributed by atoms with Crippen molar-refractivity contribution in [3.05, 3.63) is 18.1 Å². The Kier molecular flexibility index (Phi) is 8.16. The molecule has 2 aromatic rings. The number of carbonyl (C=O) groups is 2. The summed E-state index contributed by atoms with van der Waals surface area (Å²) in [5, 5.41) is 15.3. The molecule has 0 fully saturated rings. The summed E-state index contributed by atoms with van der Waals surface area (Å²) in [5.74, 6) is -0.490. The van der Waals surface area contributed by atoms with Crippen molar-refractivity contribution in [2.45, 2.75) is 33.5 Å². The summed E-state index contributed by atoms with van der Waals surface area (Å²) in [6.45, 7) is 4.83. The van der Waals surface area contributed by atoms with Gasteiger partial charge < -0.3 is 18.9 Å². The lowest BCUT2D eigenvalue weighted by Gasteiger charge is -2.03. The molecule has 0 saturated carbocycles. The predicted octanol–water partition coefficient (Wildman–Crippen LogP) is -0.409. The van der Waals surface area contributed by atoms with E-state index >= 15 is 0 Å². The second-order valence-corrected chi connectivity index (χ2v) is 5.17. The van der Waals surface area contributed by atoms with E-state index in [4.69, 9.17) is 18.9 Å². The Balaban J connectivity index is 1.62. The quantitative estimate of drug-likeness (QED) is 0.352. The van der Waals surface area contributed by atoms with Gasteiger partial charge in [0.2, 0.25) is 0 Å². The molecule has 0 aromatic carbocycles. The van der Waals surface area contributed by atoms with E-state index in [0.717, 1.165) is 0 Å². The molecule has 0 spiro atoms. The third-order valence-electron chi connectivity index (χ3n) is 3.02. The molecule has 0 saturated heterocycles. The predicted molar refractivity (Wildman–Crippen MR) is 88.5 cm³/mol. The van der Waals surface area contributed by atoms with Crippen LogP contribution in [0.2, 0.25) is 0 Å². The van der Waals surface area contributed by atoms with Crippen molar-refractivity contribution in [3.8, 4) is 5.88 Å². The molecule has 0 bridgehead atoms. The zero-order valence-corrected chi connectivity index (χ0v) is 15.2. The molecule has 27 heavy (non-hydrogen) atoms. The summed E-state index contributed by atoms with van der Waals surface area (Å²) in [4.78, 5) is 22.7. The Morgan fingerprint density at radius 3 is 2.22 bits per heavy atom. The Labute approximate surface area is 155 Å². The Hall–Kier alpha value is -3.02. The molecular formula is C15H22N6O6. The number of rotatable bonds is 12. The Morgan fingerprint density at radius 2 is 1.56 bits per heavy atom. The zero-order chi connectivity index (χ0) is 19.5. The van der Waals surface area contributed by atoms with Crippen LogP contribution in [0.3, 0.4) is 0 Å². The molecule has 0 radical (unpaired) electrons. The van der Waals surface area contributed by atoms with Crippen LogP contribution in [-0.2, 0) is 43.5 Å². The number of nitrogens with zero attached hydrogens (tertiary/aromatic N) is 6. The molecule has 148 valence electrons. The number of hydrogen-bond donors (Lipinski definition) is 0. The van der Waals surface area contributed by atoms with Crippen LogP contribution < -0.4 is 4.74 Å². The minimum atomic E-state index is -0.395. The highest BCUT2D eigenvalue weighted by Gasteiger charge is 2.08. The summed E-state index contributed by atoms with van der Waals surface area (Å²) >= 11 is 0. The van der Waals surface area contributed by atoms with Gasteiger partial charge in [0.15, 0.2) is 0 Å². The molecule has 12 heteroatoms. The van der Waals surface area contributed by atoms with Crippen LogP contribution in [0.5, 0.6) is 5.88 Å². The van der Waals surface area contributed by atoms with Gasteiger partial charge >= 0.3 is 11.9 Å². The second-order valence-electron chi connectivity index (χ2n) is 5.17. The molecule has 0 aliphatic carbocycles. The molecule has 0 aliphatic rings. The fourth-order valence-electron chi connectivity index (χ4n) is 1.97. The topological polar surface area (TPSA) is 132 Å². The molecule has 0 atom stereocenters. The smallest absolute Gasteiger partial charge is 0.327 e. The minimum Gasteiger partial charge on any atom is -0.473 e. The van der Waals surface area contributed by atoms with Crippen molar-refractivity contribution in [3.63, 3.8) is 0 Å². The monoisotopic (exact) mass is 382 g/mol. The van der Waals surface area contributed by atoms with Crippen molar-refractivity contribution in [1.82, 2.24) is 30.0 Å². The number of carbonyl (C=O) groups excluding carboxylic acids is 2. The van der Waals surface area contributed by atoms with Crippen molar-refractivity contribution >= 4 is 11.9 Å². The highest BCUT2D eigenvalue weighted by Crippen LogP contribution is 2.04. The molecule has 12 nitrogen and oxygen atoms in total. The molecule has 0 amide bonds. The number of aromatic nitrogens is 6. The molecule has 2 aromatic heterocycles. The summed E-state index contributed by atoms with van der Waals surface area (Å²) in [5.41, 5.74) is 0.583. The average Bonchev–Trinajstić information content (AvgIpc) is 3.24. The van der Waals surface area contributed by atoms with Crippen molar-refractivity contribution in [2.24, 2.45) is 0 Å². The Morgan fingerprint density at radius 1 is 0.926 bits per heavy atom. The molecule has 0 N–H and O–H groups in total. The average molecular weight is 382 g/mol. The first-order valence-electron chi connectivity index (χ1n) is 8.41. The van der Waals surface area contributed by atoms with Crippen LogP contribution in [0.4, 0.5) is 0 Å². The number of hydrogen-bond acceptors (Lipinski definition) is 10. The van der Waals surface area contributed by atoms with Crippen LogP contribution in [0, 0.1) is 0 Å². The van der Waals surface area contributed by atoms with E-state index in [1.807, 2.05) is 0 Å². The fourth-order valence-corrected chi connectivity index (χ4v) is 1.97. The highest BCUT2D eigenvalue weighted by molar-refractivity contribution is 5.69. The van der Waals surface area contributed by atoms with Gasteiger partial charge in [-0.1, -0.05) is 15.5 Å². The first kappa shape index (κ1) is 20.3. The first-order chi connectivity index (χ1) is 13.1. The SMILES string of the molecule is CCOC(=O)Cn1cc(COCCOc2cn(CC(=O)OCC)nn2)nn1. The fraction of sp³-hybridized carbons (Fsp3) is 0.600. The van der Waals surface area contributed by atoms with Gasteiger partial charge in [0, 0.05) is 0 Å². The van der Waals surface area contributed by atoms with Crippen LogP contribution in [0.15, 0.2) is 12.4 Å². The van der Waals surface area contributed by atoms with Crippen LogP contribution in [0.25, 0.3) is 0 Å². The molecule has 0 unspecified atom stereocenters. The minimum absolute atomic E-state index is 0.00537. The number of ether oxygens (including phenoxy) is 4. The maximum atomic E-state index is 11.4. The largest absolute Gasteiger partial charge is 0.473 e. The van der Waals surface area contributed by atoms with E-state index in [0.29, 0.717) is 18.9 Å². The van der Waals surface area contributed by atoms with E-state index in [9.17, 15) is 9.59 Å². The summed E-state index contributed by atoms with van der Waals surface area (Å²) in [6, 6.07) is 0. The maximum Gasteiger partial charge on any atom is 0.327 e. The zero-order valence-electron chi connectivity index (χ0n) is 15.2. The van der Waals surface area contributed by atoms with Crippen molar-refractivity contribution in [1.29, 1.82) is 0 Å². The van der Waals surface area contributed by atoms with Crippen LogP contribution >= 0.6 is 0 Å². The lowest BCUT2D eigenvalue weighted by Crippen LogP contribution is -2.13. The number of esters is 2. The van der Waals surface area contributed by atoms with E-state index in [1.165, 1.54) is 15.6 Å². The standard InChI is InChI=1S/C15H22N6O6/c1-3-25-14(22)9-20-7-12(16-18-20)11-24-5-6-27-13-8-21(19-17-13)10-15(23)26-4-2/h7-8H,3-6,9-11H2,1-2H3. The van der Waals surface area contributed by atoms with Gasteiger partial charge in [0.05, 0.1) is 38.8 Å². The van der Waals surface area contributed by atoms with Gasteiger partial charge in [-0.3, -0.25) is 9.59 Å². The van der Waals surface area contributed by atoms with E-state index < -0.39 is 5.97 Å². The van der Waals surface area contributed by atoms with Crippen LogP contribution in [0.1, 0.15) is 19.5 Å². The molecule has 0 aliphatic heterocycles. The molecule has 2 heterocycles. The van der Waals surface area contributed by atoms with Crippen molar-refractivity contribution in [2.75, 3.05) is 26.4 Å². The van der Waals surface area contributed by atoms with Crippen molar-refractivity contribution < 1.29 is 28.5 Å². The lowest BCUT2D eigenvalue weighted by molar-refractivity contribution is -0.145. The van der Waals surface area contributed by atoms with E-state index in [-0.39, 0.29) is 44.8 Å².